The Labute approximate surface area is 105 Å². The summed E-state index contributed by atoms with van der Waals surface area (Å²) in [6, 6.07) is 1.12. The average Bonchev–Trinajstić information content (AvgIpc) is 2.30. The van der Waals surface area contributed by atoms with Crippen molar-refractivity contribution >= 4 is 17.2 Å². The van der Waals surface area contributed by atoms with E-state index in [2.05, 4.69) is 11.8 Å². The van der Waals surface area contributed by atoms with E-state index in [1.54, 1.807) is 0 Å². The van der Waals surface area contributed by atoms with E-state index in [0.717, 1.165) is 18.4 Å². The van der Waals surface area contributed by atoms with Crippen molar-refractivity contribution < 1.29 is 0 Å². The summed E-state index contributed by atoms with van der Waals surface area (Å²) in [5, 5.41) is 0. The molecule has 3 heteroatoms. The van der Waals surface area contributed by atoms with Crippen LogP contribution in [-0.2, 0) is 0 Å². The second-order valence-electron chi connectivity index (χ2n) is 5.32. The molecule has 3 atom stereocenters. The van der Waals surface area contributed by atoms with Crippen LogP contribution < -0.4 is 5.73 Å². The first-order valence-electron chi connectivity index (χ1n) is 6.79. The van der Waals surface area contributed by atoms with Crippen molar-refractivity contribution in [1.29, 1.82) is 0 Å². The van der Waals surface area contributed by atoms with Crippen molar-refractivity contribution in [2.24, 2.45) is 11.7 Å². The van der Waals surface area contributed by atoms with Crippen LogP contribution in [-0.4, -0.2) is 28.5 Å². The van der Waals surface area contributed by atoms with Crippen molar-refractivity contribution in [3.8, 4) is 0 Å². The zero-order valence-corrected chi connectivity index (χ0v) is 11.1. The molecule has 2 nitrogen and oxygen atoms in total. The predicted molar refractivity (Wildman–Crippen MR) is 72.6 cm³/mol. The molecule has 0 amide bonds. The molecule has 1 aliphatic carbocycles. The molecule has 2 rings (SSSR count). The summed E-state index contributed by atoms with van der Waals surface area (Å²) < 4.78 is 0. The lowest BCUT2D eigenvalue weighted by Crippen LogP contribution is -2.54. The number of likely N-dealkylation sites (tertiary alicyclic amines) is 1. The van der Waals surface area contributed by atoms with Gasteiger partial charge in [0.2, 0.25) is 0 Å². The normalized spacial score (nSPS) is 33.1. The summed E-state index contributed by atoms with van der Waals surface area (Å²) in [7, 11) is 0. The third kappa shape index (κ3) is 2.40. The second-order valence-corrected chi connectivity index (χ2v) is 5.79. The molecule has 0 aromatic rings. The van der Waals surface area contributed by atoms with Crippen LogP contribution in [0.3, 0.4) is 0 Å². The van der Waals surface area contributed by atoms with Crippen molar-refractivity contribution in [1.82, 2.24) is 4.90 Å². The largest absolute Gasteiger partial charge is 0.392 e. The van der Waals surface area contributed by atoms with E-state index in [1.165, 1.54) is 45.1 Å². The van der Waals surface area contributed by atoms with Gasteiger partial charge < -0.3 is 5.73 Å². The highest BCUT2D eigenvalue weighted by Crippen LogP contribution is 2.36. The molecular weight excluding hydrogens is 216 g/mol. The fourth-order valence-electron chi connectivity index (χ4n) is 3.65. The van der Waals surface area contributed by atoms with Gasteiger partial charge in [-0.1, -0.05) is 32.0 Å². The Morgan fingerprint density at radius 1 is 1.31 bits per heavy atom. The lowest BCUT2D eigenvalue weighted by molar-refractivity contribution is 0.0450. The summed E-state index contributed by atoms with van der Waals surface area (Å²) in [6.07, 6.45) is 9.44. The number of nitrogens with zero attached hydrogens (tertiary/aromatic N) is 1. The SMILES string of the molecule is CCC(C(N)=S)N1CCC[C@H]2CCCC[C@H]21. The fourth-order valence-corrected chi connectivity index (χ4v) is 3.95. The van der Waals surface area contributed by atoms with E-state index in [-0.39, 0.29) is 0 Å². The Bertz CT molecular complexity index is 252. The molecule has 1 saturated heterocycles. The molecule has 0 bridgehead atoms. The van der Waals surface area contributed by atoms with Gasteiger partial charge in [0.05, 0.1) is 11.0 Å². The van der Waals surface area contributed by atoms with Gasteiger partial charge in [0.25, 0.3) is 0 Å². The minimum atomic E-state index is 0.348. The number of piperidine rings is 1. The first-order valence-corrected chi connectivity index (χ1v) is 7.20. The lowest BCUT2D eigenvalue weighted by atomic mass is 9.77. The van der Waals surface area contributed by atoms with Gasteiger partial charge in [0.15, 0.2) is 0 Å². The summed E-state index contributed by atoms with van der Waals surface area (Å²) in [5.41, 5.74) is 5.89. The molecule has 1 unspecified atom stereocenters. The molecule has 2 aliphatic rings. The van der Waals surface area contributed by atoms with Crippen molar-refractivity contribution in [2.75, 3.05) is 6.54 Å². The highest BCUT2D eigenvalue weighted by molar-refractivity contribution is 7.80. The van der Waals surface area contributed by atoms with Gasteiger partial charge >= 0.3 is 0 Å². The third-order valence-corrected chi connectivity index (χ3v) is 4.67. The quantitative estimate of drug-likeness (QED) is 0.769. The number of nitrogens with two attached hydrogens (primary N) is 1. The molecule has 1 aliphatic heterocycles. The minimum absolute atomic E-state index is 0.348. The van der Waals surface area contributed by atoms with Gasteiger partial charge in [-0.25, -0.2) is 0 Å². The van der Waals surface area contributed by atoms with E-state index in [4.69, 9.17) is 18.0 Å². The molecule has 1 saturated carbocycles. The first-order chi connectivity index (χ1) is 7.74. The third-order valence-electron chi connectivity index (χ3n) is 4.40. The van der Waals surface area contributed by atoms with Crippen LogP contribution in [0.4, 0.5) is 0 Å². The molecule has 0 aromatic carbocycles. The van der Waals surface area contributed by atoms with Crippen molar-refractivity contribution in [2.45, 2.75) is 64.0 Å². The summed E-state index contributed by atoms with van der Waals surface area (Å²) in [5.74, 6) is 0.922. The van der Waals surface area contributed by atoms with E-state index in [0.29, 0.717) is 11.0 Å². The topological polar surface area (TPSA) is 29.3 Å². The predicted octanol–water partition coefficient (Wildman–Crippen LogP) is 2.71. The van der Waals surface area contributed by atoms with Gasteiger partial charge in [-0.05, 0) is 44.6 Å². The van der Waals surface area contributed by atoms with Crippen LogP contribution >= 0.6 is 12.2 Å². The lowest BCUT2D eigenvalue weighted by Gasteiger charge is -2.47. The number of fused-ring (bicyclic) bond motifs is 1. The number of thiocarbonyl (C=S) groups is 1. The maximum atomic E-state index is 5.89. The monoisotopic (exact) mass is 240 g/mol. The molecule has 0 spiro atoms. The highest BCUT2D eigenvalue weighted by atomic mass is 32.1. The molecule has 2 N–H and O–H groups in total. The molecule has 2 fully saturated rings. The molecule has 92 valence electrons. The maximum Gasteiger partial charge on any atom is 0.0902 e. The van der Waals surface area contributed by atoms with Gasteiger partial charge in [-0.3, -0.25) is 4.90 Å². The minimum Gasteiger partial charge on any atom is -0.392 e. The van der Waals surface area contributed by atoms with E-state index in [1.807, 2.05) is 0 Å². The summed E-state index contributed by atoms with van der Waals surface area (Å²) in [6.45, 7) is 3.41. The van der Waals surface area contributed by atoms with Gasteiger partial charge in [0.1, 0.15) is 0 Å². The zero-order chi connectivity index (χ0) is 11.5. The van der Waals surface area contributed by atoms with Crippen molar-refractivity contribution in [3.05, 3.63) is 0 Å². The van der Waals surface area contributed by atoms with E-state index in [9.17, 15) is 0 Å². The van der Waals surface area contributed by atoms with Crippen LogP contribution in [0.25, 0.3) is 0 Å². The molecule has 1 heterocycles. The van der Waals surface area contributed by atoms with Crippen molar-refractivity contribution in [3.63, 3.8) is 0 Å². The van der Waals surface area contributed by atoms with Gasteiger partial charge in [-0.15, -0.1) is 0 Å². The Kier molecular flexibility index (Phi) is 4.20. The average molecular weight is 240 g/mol. The Morgan fingerprint density at radius 3 is 2.69 bits per heavy atom. The van der Waals surface area contributed by atoms with Crippen LogP contribution in [0.2, 0.25) is 0 Å². The van der Waals surface area contributed by atoms with Gasteiger partial charge in [0, 0.05) is 6.04 Å². The molecule has 0 aromatic heterocycles. The number of hydrogen-bond donors (Lipinski definition) is 1. The first kappa shape index (κ1) is 12.3. The molecule has 16 heavy (non-hydrogen) atoms. The van der Waals surface area contributed by atoms with Crippen LogP contribution in [0.1, 0.15) is 51.9 Å². The maximum absolute atomic E-state index is 5.89. The van der Waals surface area contributed by atoms with Gasteiger partial charge in [-0.2, -0.15) is 0 Å². The van der Waals surface area contributed by atoms with Crippen LogP contribution in [0.15, 0.2) is 0 Å². The Morgan fingerprint density at radius 2 is 2.00 bits per heavy atom. The molecular formula is C13H24N2S. The van der Waals surface area contributed by atoms with E-state index < -0.39 is 0 Å². The smallest absolute Gasteiger partial charge is 0.0902 e. The zero-order valence-electron chi connectivity index (χ0n) is 10.3. The number of hydrogen-bond acceptors (Lipinski definition) is 2. The fraction of sp³-hybridized carbons (Fsp3) is 0.923. The number of rotatable bonds is 3. The second kappa shape index (κ2) is 5.46. The summed E-state index contributed by atoms with van der Waals surface area (Å²) in [4.78, 5) is 3.32. The Balaban J connectivity index is 2.09. The van der Waals surface area contributed by atoms with Crippen LogP contribution in [0, 0.1) is 5.92 Å². The van der Waals surface area contributed by atoms with Crippen LogP contribution in [0.5, 0.6) is 0 Å². The standard InChI is InChI=1S/C13H24N2S/c1-2-11(13(14)16)15-9-5-7-10-6-3-4-8-12(10)15/h10-12H,2-9H2,1H3,(H2,14,16)/t10-,11?,12-/m1/s1. The molecule has 0 radical (unpaired) electrons. The van der Waals surface area contributed by atoms with E-state index >= 15 is 0 Å². The highest BCUT2D eigenvalue weighted by Gasteiger charge is 2.36. The summed E-state index contributed by atoms with van der Waals surface area (Å²) >= 11 is 5.23. The Hall–Kier alpha value is -0.150.